The number of benzene rings is 1. The molecular formula is C19H21N5O2. The number of hydrogen-bond acceptors (Lipinski definition) is 5. The average molecular weight is 351 g/mol. The van der Waals surface area contributed by atoms with Crippen molar-refractivity contribution < 1.29 is 4.92 Å². The predicted octanol–water partition coefficient (Wildman–Crippen LogP) is 4.27. The van der Waals surface area contributed by atoms with Crippen molar-refractivity contribution in [1.29, 1.82) is 0 Å². The van der Waals surface area contributed by atoms with Gasteiger partial charge in [0.15, 0.2) is 0 Å². The molecule has 0 fully saturated rings. The first-order valence-electron chi connectivity index (χ1n) is 8.36. The first-order valence-corrected chi connectivity index (χ1v) is 8.36. The summed E-state index contributed by atoms with van der Waals surface area (Å²) in [6, 6.07) is 11.9. The fourth-order valence-corrected chi connectivity index (χ4v) is 2.92. The van der Waals surface area contributed by atoms with Gasteiger partial charge in [-0.2, -0.15) is 5.10 Å². The van der Waals surface area contributed by atoms with Crippen molar-refractivity contribution in [2.75, 3.05) is 5.32 Å². The highest BCUT2D eigenvalue weighted by molar-refractivity contribution is 5.48. The maximum Gasteiger partial charge on any atom is 0.290 e. The zero-order valence-electron chi connectivity index (χ0n) is 15.2. The molecule has 1 unspecified atom stereocenters. The van der Waals surface area contributed by atoms with Crippen LogP contribution in [-0.2, 0) is 0 Å². The van der Waals surface area contributed by atoms with E-state index in [1.165, 1.54) is 6.20 Å². The fraction of sp³-hybridized carbons (Fsp3) is 0.263. The Morgan fingerprint density at radius 2 is 1.85 bits per heavy atom. The van der Waals surface area contributed by atoms with Crippen LogP contribution in [0.1, 0.15) is 35.5 Å². The summed E-state index contributed by atoms with van der Waals surface area (Å²) in [7, 11) is 0. The van der Waals surface area contributed by atoms with E-state index in [0.717, 1.165) is 22.6 Å². The molecule has 0 bridgehead atoms. The number of nitro groups is 1. The fourth-order valence-electron chi connectivity index (χ4n) is 2.92. The lowest BCUT2D eigenvalue weighted by atomic mass is 10.1. The zero-order valence-corrected chi connectivity index (χ0v) is 15.2. The largest absolute Gasteiger partial charge is 0.364 e. The van der Waals surface area contributed by atoms with Crippen molar-refractivity contribution in [3.63, 3.8) is 0 Å². The Balaban J connectivity index is 1.76. The van der Waals surface area contributed by atoms with Crippen LogP contribution >= 0.6 is 0 Å². The first kappa shape index (κ1) is 17.6. The van der Waals surface area contributed by atoms with Crippen molar-refractivity contribution in [3.8, 4) is 5.69 Å². The molecule has 1 N–H and O–H groups in total. The molecule has 7 heteroatoms. The molecule has 7 nitrogen and oxygen atoms in total. The van der Waals surface area contributed by atoms with Gasteiger partial charge in [0.25, 0.3) is 5.69 Å². The lowest BCUT2D eigenvalue weighted by molar-refractivity contribution is -0.385. The van der Waals surface area contributed by atoms with Crippen molar-refractivity contribution in [2.45, 2.75) is 33.7 Å². The number of anilines is 1. The maximum absolute atomic E-state index is 10.9. The monoisotopic (exact) mass is 351 g/mol. The molecule has 0 saturated heterocycles. The Labute approximate surface area is 151 Å². The predicted molar refractivity (Wildman–Crippen MR) is 101 cm³/mol. The van der Waals surface area contributed by atoms with Crippen LogP contribution in [0, 0.1) is 30.9 Å². The molecule has 3 aromatic rings. The molecule has 2 heterocycles. The van der Waals surface area contributed by atoms with Gasteiger partial charge in [-0.1, -0.05) is 12.1 Å². The molecule has 1 aromatic carbocycles. The minimum Gasteiger partial charge on any atom is -0.364 e. The van der Waals surface area contributed by atoms with Gasteiger partial charge >= 0.3 is 0 Å². The number of nitrogens with zero attached hydrogens (tertiary/aromatic N) is 4. The van der Waals surface area contributed by atoms with E-state index in [2.05, 4.69) is 15.4 Å². The van der Waals surface area contributed by atoms with Crippen molar-refractivity contribution in [2.24, 2.45) is 0 Å². The molecule has 0 aliphatic heterocycles. The van der Waals surface area contributed by atoms with Gasteiger partial charge in [-0.15, -0.1) is 0 Å². The SMILES string of the molecule is Cc1cc(C)n(-c2ccc(C(C)Nc3cc(C)c([N+](=O)[O-])cn3)cc2)n1. The highest BCUT2D eigenvalue weighted by Crippen LogP contribution is 2.23. The molecule has 0 spiro atoms. The average Bonchev–Trinajstić information content (AvgIpc) is 2.93. The summed E-state index contributed by atoms with van der Waals surface area (Å²) in [4.78, 5) is 14.6. The van der Waals surface area contributed by atoms with Crippen LogP contribution in [0.5, 0.6) is 0 Å². The number of aromatic nitrogens is 3. The smallest absolute Gasteiger partial charge is 0.290 e. The number of hydrogen-bond donors (Lipinski definition) is 1. The Morgan fingerprint density at radius 3 is 2.38 bits per heavy atom. The van der Waals surface area contributed by atoms with Crippen LogP contribution in [0.3, 0.4) is 0 Å². The van der Waals surface area contributed by atoms with Crippen LogP contribution in [0.4, 0.5) is 11.5 Å². The summed E-state index contributed by atoms with van der Waals surface area (Å²) in [5, 5.41) is 18.7. The van der Waals surface area contributed by atoms with Gasteiger partial charge in [0.1, 0.15) is 12.0 Å². The van der Waals surface area contributed by atoms with Gasteiger partial charge in [0.05, 0.1) is 16.3 Å². The van der Waals surface area contributed by atoms with Crippen LogP contribution in [0.15, 0.2) is 42.6 Å². The molecular weight excluding hydrogens is 330 g/mol. The van der Waals surface area contributed by atoms with Gasteiger partial charge in [0.2, 0.25) is 0 Å². The lowest BCUT2D eigenvalue weighted by Crippen LogP contribution is -2.09. The Bertz CT molecular complexity index is 947. The van der Waals surface area contributed by atoms with Crippen LogP contribution < -0.4 is 5.32 Å². The van der Waals surface area contributed by atoms with Gasteiger partial charge in [-0.05, 0) is 57.5 Å². The van der Waals surface area contributed by atoms with Crippen LogP contribution in [-0.4, -0.2) is 19.7 Å². The summed E-state index contributed by atoms with van der Waals surface area (Å²) >= 11 is 0. The Kier molecular flexibility index (Phi) is 4.71. The first-order chi connectivity index (χ1) is 12.3. The summed E-state index contributed by atoms with van der Waals surface area (Å²) in [5.74, 6) is 0.614. The van der Waals surface area contributed by atoms with E-state index < -0.39 is 4.92 Å². The van der Waals surface area contributed by atoms with E-state index in [-0.39, 0.29) is 11.7 Å². The Morgan fingerprint density at radius 1 is 1.15 bits per heavy atom. The summed E-state index contributed by atoms with van der Waals surface area (Å²) in [5.41, 5.74) is 4.79. The second kappa shape index (κ2) is 6.95. The van der Waals surface area contributed by atoms with Crippen LogP contribution in [0.2, 0.25) is 0 Å². The summed E-state index contributed by atoms with van der Waals surface area (Å²) < 4.78 is 1.92. The molecule has 134 valence electrons. The third-order valence-corrected chi connectivity index (χ3v) is 4.29. The van der Waals surface area contributed by atoms with Crippen LogP contribution in [0.25, 0.3) is 5.69 Å². The number of pyridine rings is 1. The minimum absolute atomic E-state index is 0.0119. The van der Waals surface area contributed by atoms with Gasteiger partial charge in [-0.25, -0.2) is 9.67 Å². The van der Waals surface area contributed by atoms with Crippen molar-refractivity contribution >= 4 is 11.5 Å². The molecule has 0 aliphatic rings. The normalized spacial score (nSPS) is 12.0. The quantitative estimate of drug-likeness (QED) is 0.548. The minimum atomic E-state index is -0.423. The van der Waals surface area contributed by atoms with E-state index in [0.29, 0.717) is 11.4 Å². The zero-order chi connectivity index (χ0) is 18.8. The van der Waals surface area contributed by atoms with E-state index in [4.69, 9.17) is 0 Å². The molecule has 26 heavy (non-hydrogen) atoms. The maximum atomic E-state index is 10.9. The molecule has 0 aliphatic carbocycles. The topological polar surface area (TPSA) is 85.9 Å². The highest BCUT2D eigenvalue weighted by atomic mass is 16.6. The second-order valence-electron chi connectivity index (χ2n) is 6.41. The number of nitrogens with one attached hydrogen (secondary N) is 1. The molecule has 0 saturated carbocycles. The Hall–Kier alpha value is -3.22. The number of rotatable bonds is 5. The third kappa shape index (κ3) is 3.56. The van der Waals surface area contributed by atoms with E-state index in [1.807, 2.05) is 55.8 Å². The number of aryl methyl sites for hydroxylation is 3. The summed E-state index contributed by atoms with van der Waals surface area (Å²) in [6.45, 7) is 7.74. The van der Waals surface area contributed by atoms with Gasteiger partial charge in [-0.3, -0.25) is 10.1 Å². The van der Waals surface area contributed by atoms with Gasteiger partial charge in [0, 0.05) is 17.3 Å². The molecule has 1 atom stereocenters. The van der Waals surface area contributed by atoms with Crippen molar-refractivity contribution in [3.05, 3.63) is 75.2 Å². The van der Waals surface area contributed by atoms with E-state index in [1.54, 1.807) is 13.0 Å². The molecule has 2 aromatic heterocycles. The van der Waals surface area contributed by atoms with Crippen molar-refractivity contribution in [1.82, 2.24) is 14.8 Å². The van der Waals surface area contributed by atoms with E-state index >= 15 is 0 Å². The van der Waals surface area contributed by atoms with E-state index in [9.17, 15) is 10.1 Å². The highest BCUT2D eigenvalue weighted by Gasteiger charge is 2.13. The molecule has 0 radical (unpaired) electrons. The summed E-state index contributed by atoms with van der Waals surface area (Å²) in [6.07, 6.45) is 1.29. The standard InChI is InChI=1S/C19H21N5O2/c1-12-9-19(20-11-18(12)24(25)26)21-15(4)16-5-7-17(8-6-16)23-14(3)10-13(2)22-23/h5-11,15H,1-4H3,(H,20,21). The van der Waals surface area contributed by atoms with Gasteiger partial charge < -0.3 is 5.32 Å². The third-order valence-electron chi connectivity index (χ3n) is 4.29. The molecule has 3 rings (SSSR count). The molecule has 0 amide bonds. The lowest BCUT2D eigenvalue weighted by Gasteiger charge is -2.16. The second-order valence-corrected chi connectivity index (χ2v) is 6.41.